The van der Waals surface area contributed by atoms with Crippen LogP contribution in [0.25, 0.3) is 0 Å². The summed E-state index contributed by atoms with van der Waals surface area (Å²) in [6, 6.07) is 7.99. The van der Waals surface area contributed by atoms with Gasteiger partial charge in [0.05, 0.1) is 0 Å². The van der Waals surface area contributed by atoms with Crippen molar-refractivity contribution in [3.63, 3.8) is 0 Å². The fourth-order valence-corrected chi connectivity index (χ4v) is 3.20. The van der Waals surface area contributed by atoms with Crippen molar-refractivity contribution >= 4 is 29.6 Å². The molecule has 0 radical (unpaired) electrons. The molecule has 2 N–H and O–H groups in total. The van der Waals surface area contributed by atoms with Gasteiger partial charge in [-0.05, 0) is 26.3 Å². The lowest BCUT2D eigenvalue weighted by molar-refractivity contribution is -0.140. The van der Waals surface area contributed by atoms with Crippen LogP contribution in [0.1, 0.15) is 32.8 Å². The summed E-state index contributed by atoms with van der Waals surface area (Å²) >= 11 is 1.33. The van der Waals surface area contributed by atoms with Crippen LogP contribution in [-0.4, -0.2) is 39.5 Å². The Kier molecular flexibility index (Phi) is 7.78. The molecule has 1 aromatic carbocycles. The van der Waals surface area contributed by atoms with E-state index in [1.54, 1.807) is 13.8 Å². The number of carbonyl (C=O) groups is 3. The third kappa shape index (κ3) is 7.04. The van der Waals surface area contributed by atoms with Crippen molar-refractivity contribution in [2.75, 3.05) is 5.75 Å². The number of hydrogen-bond donors (Lipinski definition) is 2. The van der Waals surface area contributed by atoms with E-state index in [0.29, 0.717) is 12.2 Å². The zero-order valence-corrected chi connectivity index (χ0v) is 14.9. The highest BCUT2D eigenvalue weighted by Gasteiger charge is 2.37. The number of carbonyl (C=O) groups excluding carboxylic acids is 2. The van der Waals surface area contributed by atoms with Crippen LogP contribution < -0.4 is 5.32 Å². The predicted octanol–water partition coefficient (Wildman–Crippen LogP) is 2.86. The Labute approximate surface area is 146 Å². The van der Waals surface area contributed by atoms with Crippen molar-refractivity contribution in [2.45, 2.75) is 44.6 Å². The summed E-state index contributed by atoms with van der Waals surface area (Å²) in [5.41, 5.74) is 0.814. The van der Waals surface area contributed by atoms with Crippen LogP contribution in [0.2, 0.25) is 0 Å². The lowest BCUT2D eigenvalue weighted by atomic mass is 10.0. The number of ketones is 1. The first-order valence-electron chi connectivity index (χ1n) is 7.56. The zero-order chi connectivity index (χ0) is 18.2. The molecule has 0 unspecified atom stereocenters. The minimum atomic E-state index is -1.15. The molecule has 0 heterocycles. The van der Waals surface area contributed by atoms with Crippen LogP contribution in [0, 0.1) is 0 Å². The molecular weight excluding hydrogens is 330 g/mol. The van der Waals surface area contributed by atoms with Gasteiger partial charge in [-0.15, -0.1) is 0 Å². The number of amides is 1. The van der Waals surface area contributed by atoms with Crippen LogP contribution >= 0.6 is 11.8 Å². The van der Waals surface area contributed by atoms with E-state index in [0.717, 1.165) is 5.56 Å². The number of benzene rings is 1. The number of aliphatic carboxylic acids is 1. The van der Waals surface area contributed by atoms with Gasteiger partial charge in [0, 0.05) is 16.9 Å². The molecule has 0 aliphatic carbocycles. The number of thioether (sulfide) groups is 1. The first kappa shape index (κ1) is 20.0. The molecule has 0 saturated heterocycles. The normalized spacial score (nSPS) is 12.3. The summed E-state index contributed by atoms with van der Waals surface area (Å²) < 4.78 is 4.29. The maximum atomic E-state index is 11.9. The number of rotatable bonds is 9. The van der Waals surface area contributed by atoms with Crippen LogP contribution in [0.4, 0.5) is 4.79 Å². The van der Waals surface area contributed by atoms with Crippen LogP contribution in [0.3, 0.4) is 0 Å². The Bertz CT molecular complexity index is 574. The Morgan fingerprint density at radius 1 is 1.25 bits per heavy atom. The molecule has 0 spiro atoms. The van der Waals surface area contributed by atoms with Gasteiger partial charge in [-0.25, -0.2) is 9.59 Å². The van der Waals surface area contributed by atoms with Crippen molar-refractivity contribution in [3.05, 3.63) is 35.9 Å². The lowest BCUT2D eigenvalue weighted by Gasteiger charge is -2.31. The molecule has 6 nitrogen and oxygen atoms in total. The number of carboxylic acids is 1. The Morgan fingerprint density at radius 3 is 2.42 bits per heavy atom. The van der Waals surface area contributed by atoms with Gasteiger partial charge in [-0.1, -0.05) is 30.3 Å². The standard InChI is InChI=1S/C17H23NO5S/c1-12(19)9-10-24-17(2,3)14(15(20)21)18-16(22)23-11-13-7-5-4-6-8-13/h4-8,14H,9-11H2,1-3H3,(H,18,22)(H,20,21)/t14-/m1/s1. The number of alkyl carbamates (subject to hydrolysis) is 1. The van der Waals surface area contributed by atoms with Gasteiger partial charge in [0.1, 0.15) is 18.4 Å². The molecule has 0 fully saturated rings. The third-order valence-electron chi connectivity index (χ3n) is 3.35. The van der Waals surface area contributed by atoms with Gasteiger partial charge in [-0.3, -0.25) is 4.79 Å². The van der Waals surface area contributed by atoms with Gasteiger partial charge in [-0.2, -0.15) is 11.8 Å². The Hall–Kier alpha value is -2.02. The monoisotopic (exact) mass is 353 g/mol. The topological polar surface area (TPSA) is 92.7 Å². The molecule has 0 aromatic heterocycles. The quantitative estimate of drug-likeness (QED) is 0.709. The van der Waals surface area contributed by atoms with E-state index in [1.165, 1.54) is 18.7 Å². The van der Waals surface area contributed by atoms with E-state index >= 15 is 0 Å². The van der Waals surface area contributed by atoms with Crippen molar-refractivity contribution in [1.29, 1.82) is 0 Å². The highest BCUT2D eigenvalue weighted by atomic mass is 32.2. The summed E-state index contributed by atoms with van der Waals surface area (Å²) in [5, 5.41) is 11.8. The molecule has 132 valence electrons. The van der Waals surface area contributed by atoms with Crippen molar-refractivity contribution in [1.82, 2.24) is 5.32 Å². The average molecular weight is 353 g/mol. The average Bonchev–Trinajstić information content (AvgIpc) is 2.50. The second kappa shape index (κ2) is 9.32. The molecular formula is C17H23NO5S. The van der Waals surface area contributed by atoms with Gasteiger partial charge in [0.15, 0.2) is 0 Å². The van der Waals surface area contributed by atoms with Crippen LogP contribution in [0.15, 0.2) is 30.3 Å². The fraction of sp³-hybridized carbons (Fsp3) is 0.471. The molecule has 0 bridgehead atoms. The van der Waals surface area contributed by atoms with Gasteiger partial charge < -0.3 is 15.2 Å². The maximum Gasteiger partial charge on any atom is 0.408 e. The number of hydrogen-bond acceptors (Lipinski definition) is 5. The van der Waals surface area contributed by atoms with E-state index in [-0.39, 0.29) is 12.4 Å². The molecule has 1 atom stereocenters. The zero-order valence-electron chi connectivity index (χ0n) is 14.1. The van der Waals surface area contributed by atoms with Gasteiger partial charge in [0.25, 0.3) is 0 Å². The predicted molar refractivity (Wildman–Crippen MR) is 93.0 cm³/mol. The highest BCUT2D eigenvalue weighted by Crippen LogP contribution is 2.29. The third-order valence-corrected chi connectivity index (χ3v) is 4.73. The summed E-state index contributed by atoms with van der Waals surface area (Å²) in [6.45, 7) is 4.99. The minimum Gasteiger partial charge on any atom is -0.480 e. The summed E-state index contributed by atoms with van der Waals surface area (Å²) in [7, 11) is 0. The fourth-order valence-electron chi connectivity index (χ4n) is 1.96. The van der Waals surface area contributed by atoms with Crippen molar-refractivity contribution in [3.8, 4) is 0 Å². The Balaban J connectivity index is 2.59. The highest BCUT2D eigenvalue weighted by molar-refractivity contribution is 8.00. The smallest absolute Gasteiger partial charge is 0.408 e. The number of ether oxygens (including phenoxy) is 1. The molecule has 0 aliphatic rings. The molecule has 1 aromatic rings. The summed E-state index contributed by atoms with van der Waals surface area (Å²) in [4.78, 5) is 34.4. The van der Waals surface area contributed by atoms with Gasteiger partial charge >= 0.3 is 12.1 Å². The summed E-state index contributed by atoms with van der Waals surface area (Å²) in [5.74, 6) is -0.611. The SMILES string of the molecule is CC(=O)CCSC(C)(C)[C@H](NC(=O)OCc1ccccc1)C(=O)O. The van der Waals surface area contributed by atoms with E-state index in [1.807, 2.05) is 30.3 Å². The second-order valence-corrected chi connectivity index (χ2v) is 7.63. The number of Topliss-reactive ketones (excluding diaryl/α,β-unsaturated/α-hetero) is 1. The molecule has 7 heteroatoms. The molecule has 24 heavy (non-hydrogen) atoms. The van der Waals surface area contributed by atoms with Crippen molar-refractivity contribution < 1.29 is 24.2 Å². The van der Waals surface area contributed by atoms with E-state index in [9.17, 15) is 19.5 Å². The van der Waals surface area contributed by atoms with E-state index in [2.05, 4.69) is 5.32 Å². The lowest BCUT2D eigenvalue weighted by Crippen LogP contribution is -2.52. The van der Waals surface area contributed by atoms with Crippen molar-refractivity contribution in [2.24, 2.45) is 0 Å². The molecule has 1 rings (SSSR count). The number of carboxylic acid groups (broad SMARTS) is 1. The minimum absolute atomic E-state index is 0.0420. The van der Waals surface area contributed by atoms with E-state index in [4.69, 9.17) is 4.74 Å². The largest absolute Gasteiger partial charge is 0.480 e. The molecule has 0 aliphatic heterocycles. The summed E-state index contributed by atoms with van der Waals surface area (Å²) in [6.07, 6.45) is -0.426. The first-order chi connectivity index (χ1) is 11.2. The molecule has 0 saturated carbocycles. The van der Waals surface area contributed by atoms with E-state index < -0.39 is 22.9 Å². The van der Waals surface area contributed by atoms with Gasteiger partial charge in [0.2, 0.25) is 0 Å². The Morgan fingerprint density at radius 2 is 1.88 bits per heavy atom. The second-order valence-electron chi connectivity index (χ2n) is 5.88. The molecule has 1 amide bonds. The maximum absolute atomic E-state index is 11.9. The number of nitrogens with one attached hydrogen (secondary N) is 1. The van der Waals surface area contributed by atoms with Crippen LogP contribution in [-0.2, 0) is 20.9 Å². The van der Waals surface area contributed by atoms with Crippen LogP contribution in [0.5, 0.6) is 0 Å². The first-order valence-corrected chi connectivity index (χ1v) is 8.54.